The average Bonchev–Trinajstić information content (AvgIpc) is 3.76. The van der Waals surface area contributed by atoms with Gasteiger partial charge in [-0.05, 0) is 67.6 Å². The molecule has 12 heteroatoms. The Morgan fingerprint density at radius 2 is 1.32 bits per heavy atom. The summed E-state index contributed by atoms with van der Waals surface area (Å²) in [6, 6.07) is 6.18. The van der Waals surface area contributed by atoms with E-state index in [0.717, 1.165) is 41.6 Å². The predicted molar refractivity (Wildman–Crippen MR) is 169 cm³/mol. The van der Waals surface area contributed by atoms with Gasteiger partial charge in [0.25, 0.3) is 0 Å². The van der Waals surface area contributed by atoms with E-state index in [4.69, 9.17) is 0 Å². The number of aromatic nitrogens is 8. The minimum atomic E-state index is 0.843. The molecule has 0 spiro atoms. The van der Waals surface area contributed by atoms with E-state index < -0.39 is 0 Å². The van der Waals surface area contributed by atoms with Gasteiger partial charge in [-0.15, -0.1) is 45.3 Å². The molecular weight excluding hydrogens is 577 g/mol. The van der Waals surface area contributed by atoms with Crippen LogP contribution < -0.4 is 0 Å². The van der Waals surface area contributed by atoms with Crippen LogP contribution in [0.5, 0.6) is 0 Å². The van der Waals surface area contributed by atoms with Gasteiger partial charge in [0.2, 0.25) is 0 Å². The number of aryl methyl sites for hydroxylation is 4. The zero-order valence-corrected chi connectivity index (χ0v) is 25.4. The highest BCUT2D eigenvalue weighted by Crippen LogP contribution is 2.22. The van der Waals surface area contributed by atoms with Crippen LogP contribution in [-0.2, 0) is 0 Å². The molecule has 0 aliphatic rings. The van der Waals surface area contributed by atoms with Crippen molar-refractivity contribution in [1.82, 2.24) is 39.9 Å². The van der Waals surface area contributed by atoms with Gasteiger partial charge in [-0.1, -0.05) is 0 Å². The smallest absolute Gasteiger partial charge is 0.126 e. The first-order chi connectivity index (χ1) is 19.5. The van der Waals surface area contributed by atoms with Crippen LogP contribution in [0.25, 0.3) is 40.9 Å². The van der Waals surface area contributed by atoms with Gasteiger partial charge in [-0.25, -0.2) is 39.9 Å². The number of hydrogen-bond acceptors (Lipinski definition) is 12. The molecule has 0 radical (unpaired) electrons. The second-order valence-electron chi connectivity index (χ2n) is 8.50. The predicted octanol–water partition coefficient (Wildman–Crippen LogP) is 8.00. The third kappa shape index (κ3) is 6.83. The fourth-order valence-corrected chi connectivity index (χ4v) is 6.81. The summed E-state index contributed by atoms with van der Waals surface area (Å²) in [5.74, 6) is 0.843. The first-order valence-corrected chi connectivity index (χ1v) is 15.5. The van der Waals surface area contributed by atoms with Gasteiger partial charge in [0.05, 0.1) is 0 Å². The monoisotopic (exact) mass is 600 g/mol. The molecule has 0 fully saturated rings. The van der Waals surface area contributed by atoms with Crippen molar-refractivity contribution in [3.05, 3.63) is 93.9 Å². The van der Waals surface area contributed by atoms with Gasteiger partial charge < -0.3 is 0 Å². The van der Waals surface area contributed by atoms with Gasteiger partial charge in [-0.2, -0.15) is 0 Å². The van der Waals surface area contributed by atoms with Crippen LogP contribution in [0.2, 0.25) is 0 Å². The summed E-state index contributed by atoms with van der Waals surface area (Å²) in [6.07, 6.45) is 10.3. The van der Waals surface area contributed by atoms with E-state index in [1.54, 1.807) is 64.3 Å². The number of rotatable bonds is 0. The zero-order chi connectivity index (χ0) is 27.9. The Bertz CT molecular complexity index is 1940. The molecule has 200 valence electrons. The fraction of sp³-hybridized carbons (Fsp3) is 0.143. The second-order valence-corrected chi connectivity index (χ2v) is 12.4. The molecule has 0 atom stereocenters. The number of hydrogen-bond donors (Lipinski definition) is 0. The van der Waals surface area contributed by atoms with E-state index in [2.05, 4.69) is 71.2 Å². The third-order valence-corrected chi connectivity index (χ3v) is 9.19. The van der Waals surface area contributed by atoms with Crippen molar-refractivity contribution < 1.29 is 0 Å². The van der Waals surface area contributed by atoms with Crippen molar-refractivity contribution in [2.24, 2.45) is 0 Å². The van der Waals surface area contributed by atoms with E-state index in [1.807, 2.05) is 49.3 Å². The van der Waals surface area contributed by atoms with E-state index in [9.17, 15) is 0 Å². The lowest BCUT2D eigenvalue weighted by Gasteiger charge is -1.89. The van der Waals surface area contributed by atoms with Crippen molar-refractivity contribution >= 4 is 86.2 Å². The summed E-state index contributed by atoms with van der Waals surface area (Å²) in [6.45, 7) is 8.05. The van der Waals surface area contributed by atoms with Crippen LogP contribution in [-0.4, -0.2) is 39.9 Å². The van der Waals surface area contributed by atoms with Gasteiger partial charge in [0, 0.05) is 50.7 Å². The maximum absolute atomic E-state index is 4.24. The van der Waals surface area contributed by atoms with Crippen LogP contribution >= 0.6 is 45.3 Å². The number of nitrogens with zero attached hydrogens (tertiary/aromatic N) is 8. The van der Waals surface area contributed by atoms with Crippen molar-refractivity contribution in [3.63, 3.8) is 0 Å². The standard InChI is InChI=1S/4C7H6N2S/c1-5-3-10-7-6(5)2-8-4-9-7;1-5-2-6-3-8-4-9-7(6)10-5;1-5-6-2-3-10-7(6)9-4-8-5;1-5-8-4-6-2-3-10-7(6)9-5/h4*2-4H,1H3. The highest BCUT2D eigenvalue weighted by Gasteiger charge is 1.99. The topological polar surface area (TPSA) is 103 Å². The minimum Gasteiger partial charge on any atom is -0.244 e. The Morgan fingerprint density at radius 1 is 0.600 bits per heavy atom. The summed E-state index contributed by atoms with van der Waals surface area (Å²) in [5.41, 5.74) is 2.33. The SMILES string of the molecule is Cc1cc2cncnc2s1.Cc1csc2ncncc12.Cc1ncc2ccsc2n1.Cc1ncnc2sccc12. The van der Waals surface area contributed by atoms with Crippen LogP contribution in [0.1, 0.15) is 22.0 Å². The van der Waals surface area contributed by atoms with Crippen molar-refractivity contribution in [2.45, 2.75) is 27.7 Å². The highest BCUT2D eigenvalue weighted by atomic mass is 32.1. The maximum Gasteiger partial charge on any atom is 0.126 e. The Hall–Kier alpha value is -3.84. The maximum atomic E-state index is 4.24. The first kappa shape index (κ1) is 27.7. The summed E-state index contributed by atoms with van der Waals surface area (Å²) in [7, 11) is 0. The second kappa shape index (κ2) is 13.0. The van der Waals surface area contributed by atoms with Crippen molar-refractivity contribution in [1.29, 1.82) is 0 Å². The molecular formula is C28H24N8S4. The molecule has 0 aliphatic heterocycles. The zero-order valence-electron chi connectivity index (χ0n) is 22.1. The van der Waals surface area contributed by atoms with Crippen LogP contribution in [0.15, 0.2) is 71.9 Å². The number of fused-ring (bicyclic) bond motifs is 4. The van der Waals surface area contributed by atoms with E-state index >= 15 is 0 Å². The number of thiophene rings is 4. The fourth-order valence-electron chi connectivity index (χ4n) is 3.56. The average molecular weight is 601 g/mol. The Morgan fingerprint density at radius 3 is 2.12 bits per heavy atom. The summed E-state index contributed by atoms with van der Waals surface area (Å²) in [4.78, 5) is 38.2. The Kier molecular flexibility index (Phi) is 9.01. The molecule has 0 saturated carbocycles. The Labute approximate surface area is 246 Å². The van der Waals surface area contributed by atoms with Gasteiger partial charge in [0.1, 0.15) is 44.1 Å². The summed E-state index contributed by atoms with van der Waals surface area (Å²) in [5, 5.41) is 10.8. The lowest BCUT2D eigenvalue weighted by Crippen LogP contribution is -1.82. The van der Waals surface area contributed by atoms with Crippen LogP contribution in [0.3, 0.4) is 0 Å². The molecule has 8 rings (SSSR count). The lowest BCUT2D eigenvalue weighted by molar-refractivity contribution is 1.10. The van der Waals surface area contributed by atoms with Crippen LogP contribution in [0.4, 0.5) is 0 Å². The highest BCUT2D eigenvalue weighted by molar-refractivity contribution is 7.18. The molecule has 8 heterocycles. The van der Waals surface area contributed by atoms with Crippen molar-refractivity contribution in [2.75, 3.05) is 0 Å². The third-order valence-electron chi connectivity index (χ3n) is 5.56. The first-order valence-electron chi connectivity index (χ1n) is 12.1. The summed E-state index contributed by atoms with van der Waals surface area (Å²) < 4.78 is 0. The quantitative estimate of drug-likeness (QED) is 0.172. The molecule has 0 aliphatic carbocycles. The van der Waals surface area contributed by atoms with Crippen LogP contribution in [0, 0.1) is 27.7 Å². The molecule has 0 amide bonds. The van der Waals surface area contributed by atoms with Gasteiger partial charge in [-0.3, -0.25) is 0 Å². The molecule has 8 nitrogen and oxygen atoms in total. The molecule has 8 aromatic rings. The molecule has 0 unspecified atom stereocenters. The molecule has 8 aromatic heterocycles. The molecule has 0 saturated heterocycles. The van der Waals surface area contributed by atoms with Gasteiger partial charge >= 0.3 is 0 Å². The Balaban J connectivity index is 0.000000108. The molecule has 40 heavy (non-hydrogen) atoms. The van der Waals surface area contributed by atoms with Gasteiger partial charge in [0.15, 0.2) is 0 Å². The molecule has 0 N–H and O–H groups in total. The molecule has 0 aromatic carbocycles. The molecule has 0 bridgehead atoms. The van der Waals surface area contributed by atoms with E-state index in [0.29, 0.717) is 0 Å². The minimum absolute atomic E-state index is 0.843. The van der Waals surface area contributed by atoms with Crippen molar-refractivity contribution in [3.8, 4) is 0 Å². The van der Waals surface area contributed by atoms with E-state index in [-0.39, 0.29) is 0 Å². The normalized spacial score (nSPS) is 10.5. The summed E-state index contributed by atoms with van der Waals surface area (Å²) >= 11 is 6.66. The lowest BCUT2D eigenvalue weighted by atomic mass is 10.3. The van der Waals surface area contributed by atoms with E-state index in [1.165, 1.54) is 21.2 Å². The largest absolute Gasteiger partial charge is 0.244 e.